The molecule has 1 aromatic carbocycles. The van der Waals surface area contributed by atoms with Crippen LogP contribution in [0.3, 0.4) is 0 Å². The summed E-state index contributed by atoms with van der Waals surface area (Å²) in [7, 11) is 0. The molecule has 0 fully saturated rings. The summed E-state index contributed by atoms with van der Waals surface area (Å²) >= 11 is 4.90. The number of carbonyl (C=O) groups excluding carboxylic acids is 1. The highest BCUT2D eigenvalue weighted by atomic mass is 79.9. The Balaban J connectivity index is 1.46. The number of hydrogen-bond acceptors (Lipinski definition) is 6. The number of esters is 1. The highest BCUT2D eigenvalue weighted by molar-refractivity contribution is 9.10. The standard InChI is InChI=1S/C16H13BrN2O3S/c17-12-5-3-11(4-6-12)10-21-15(20)8-7-14-18-16(19-22-14)13-2-1-9-23-13/h1-6,9H,7-8,10H2. The molecule has 0 N–H and O–H groups in total. The molecule has 3 rings (SSSR count). The van der Waals surface area contributed by atoms with E-state index in [0.717, 1.165) is 14.9 Å². The number of thiophene rings is 1. The molecule has 23 heavy (non-hydrogen) atoms. The summed E-state index contributed by atoms with van der Waals surface area (Å²) in [5.74, 6) is 0.705. The molecule has 118 valence electrons. The quantitative estimate of drug-likeness (QED) is 0.587. The van der Waals surface area contributed by atoms with Crippen LogP contribution in [0.25, 0.3) is 10.7 Å². The highest BCUT2D eigenvalue weighted by Crippen LogP contribution is 2.21. The van der Waals surface area contributed by atoms with Gasteiger partial charge in [0, 0.05) is 10.9 Å². The monoisotopic (exact) mass is 392 g/mol. The average molecular weight is 393 g/mol. The molecular formula is C16H13BrN2O3S. The minimum absolute atomic E-state index is 0.211. The second-order valence-electron chi connectivity index (χ2n) is 4.78. The lowest BCUT2D eigenvalue weighted by Crippen LogP contribution is -2.06. The number of aryl methyl sites for hydroxylation is 1. The van der Waals surface area contributed by atoms with Gasteiger partial charge in [-0.3, -0.25) is 4.79 Å². The lowest BCUT2D eigenvalue weighted by atomic mass is 10.2. The number of hydrogen-bond donors (Lipinski definition) is 0. The van der Waals surface area contributed by atoms with Crippen molar-refractivity contribution in [3.05, 3.63) is 57.7 Å². The van der Waals surface area contributed by atoms with Crippen LogP contribution in [0.4, 0.5) is 0 Å². The number of nitrogens with zero attached hydrogens (tertiary/aromatic N) is 2. The number of carbonyl (C=O) groups is 1. The second-order valence-corrected chi connectivity index (χ2v) is 6.64. The fourth-order valence-electron chi connectivity index (χ4n) is 1.89. The van der Waals surface area contributed by atoms with Crippen molar-refractivity contribution in [3.8, 4) is 10.7 Å². The zero-order valence-corrected chi connectivity index (χ0v) is 14.5. The Morgan fingerprint density at radius 3 is 2.83 bits per heavy atom. The normalized spacial score (nSPS) is 10.7. The second kappa shape index (κ2) is 7.52. The van der Waals surface area contributed by atoms with Gasteiger partial charge in [0.25, 0.3) is 0 Å². The molecule has 7 heteroatoms. The Morgan fingerprint density at radius 2 is 2.09 bits per heavy atom. The molecule has 0 saturated heterocycles. The number of benzene rings is 1. The third-order valence-electron chi connectivity index (χ3n) is 3.07. The van der Waals surface area contributed by atoms with E-state index in [4.69, 9.17) is 9.26 Å². The van der Waals surface area contributed by atoms with Gasteiger partial charge in [-0.25, -0.2) is 0 Å². The van der Waals surface area contributed by atoms with Crippen LogP contribution in [-0.4, -0.2) is 16.1 Å². The molecule has 0 bridgehead atoms. The van der Waals surface area contributed by atoms with E-state index in [-0.39, 0.29) is 19.0 Å². The van der Waals surface area contributed by atoms with Crippen LogP contribution >= 0.6 is 27.3 Å². The van der Waals surface area contributed by atoms with E-state index in [2.05, 4.69) is 26.1 Å². The van der Waals surface area contributed by atoms with Crippen LogP contribution in [-0.2, 0) is 22.6 Å². The van der Waals surface area contributed by atoms with Gasteiger partial charge in [0.1, 0.15) is 6.61 Å². The number of ether oxygens (including phenoxy) is 1. The van der Waals surface area contributed by atoms with Crippen LogP contribution in [0.1, 0.15) is 17.9 Å². The molecule has 2 heterocycles. The van der Waals surface area contributed by atoms with E-state index in [1.165, 1.54) is 0 Å². The van der Waals surface area contributed by atoms with E-state index in [1.807, 2.05) is 41.8 Å². The fourth-order valence-corrected chi connectivity index (χ4v) is 2.80. The van der Waals surface area contributed by atoms with E-state index in [1.54, 1.807) is 11.3 Å². The fraction of sp³-hybridized carbons (Fsp3) is 0.188. The van der Waals surface area contributed by atoms with Crippen molar-refractivity contribution in [1.29, 1.82) is 0 Å². The van der Waals surface area contributed by atoms with E-state index in [9.17, 15) is 4.79 Å². The summed E-state index contributed by atoms with van der Waals surface area (Å²) in [6, 6.07) is 11.5. The third-order valence-corrected chi connectivity index (χ3v) is 4.46. The number of halogens is 1. The van der Waals surface area contributed by atoms with Crippen LogP contribution in [0.15, 0.2) is 50.8 Å². The van der Waals surface area contributed by atoms with Gasteiger partial charge < -0.3 is 9.26 Å². The Morgan fingerprint density at radius 1 is 1.26 bits per heavy atom. The zero-order valence-electron chi connectivity index (χ0n) is 12.1. The van der Waals surface area contributed by atoms with E-state index < -0.39 is 0 Å². The maximum Gasteiger partial charge on any atom is 0.306 e. The first-order valence-electron chi connectivity index (χ1n) is 6.97. The van der Waals surface area contributed by atoms with Crippen LogP contribution in [0.5, 0.6) is 0 Å². The summed E-state index contributed by atoms with van der Waals surface area (Å²) in [5, 5.41) is 5.86. The first kappa shape index (κ1) is 15.9. The summed E-state index contributed by atoms with van der Waals surface area (Å²) in [4.78, 5) is 17.0. The van der Waals surface area contributed by atoms with Crippen LogP contribution in [0, 0.1) is 0 Å². The Bertz CT molecular complexity index is 769. The van der Waals surface area contributed by atoms with Gasteiger partial charge in [-0.15, -0.1) is 11.3 Å². The maximum absolute atomic E-state index is 11.8. The molecule has 0 spiro atoms. The van der Waals surface area contributed by atoms with E-state index >= 15 is 0 Å². The molecule has 0 aliphatic rings. The van der Waals surface area contributed by atoms with Crippen molar-refractivity contribution in [2.45, 2.75) is 19.4 Å². The number of rotatable bonds is 6. The maximum atomic E-state index is 11.8. The lowest BCUT2D eigenvalue weighted by Gasteiger charge is -2.04. The molecule has 0 saturated carbocycles. The topological polar surface area (TPSA) is 65.2 Å². The number of aromatic nitrogens is 2. The molecular weight excluding hydrogens is 380 g/mol. The Hall–Kier alpha value is -1.99. The third kappa shape index (κ3) is 4.49. The van der Waals surface area contributed by atoms with Gasteiger partial charge in [-0.2, -0.15) is 4.98 Å². The van der Waals surface area contributed by atoms with Crippen molar-refractivity contribution >= 4 is 33.2 Å². The predicted molar refractivity (Wildman–Crippen MR) is 89.9 cm³/mol. The van der Waals surface area contributed by atoms with Gasteiger partial charge in [0.05, 0.1) is 11.3 Å². The van der Waals surface area contributed by atoms with Gasteiger partial charge >= 0.3 is 5.97 Å². The van der Waals surface area contributed by atoms with Gasteiger partial charge in [0.15, 0.2) is 0 Å². The van der Waals surface area contributed by atoms with E-state index in [0.29, 0.717) is 18.1 Å². The van der Waals surface area contributed by atoms with Crippen molar-refractivity contribution < 1.29 is 14.1 Å². The molecule has 5 nitrogen and oxygen atoms in total. The minimum Gasteiger partial charge on any atom is -0.461 e. The van der Waals surface area contributed by atoms with Crippen molar-refractivity contribution in [2.24, 2.45) is 0 Å². The molecule has 0 aliphatic heterocycles. The van der Waals surface area contributed by atoms with Gasteiger partial charge in [-0.1, -0.05) is 39.3 Å². The van der Waals surface area contributed by atoms with Crippen molar-refractivity contribution in [1.82, 2.24) is 10.1 Å². The molecule has 0 atom stereocenters. The summed E-state index contributed by atoms with van der Waals surface area (Å²) in [6.45, 7) is 0.260. The van der Waals surface area contributed by atoms with Gasteiger partial charge in [0.2, 0.25) is 11.7 Å². The van der Waals surface area contributed by atoms with Gasteiger partial charge in [-0.05, 0) is 29.1 Å². The molecule has 2 aromatic heterocycles. The van der Waals surface area contributed by atoms with Crippen LogP contribution in [0.2, 0.25) is 0 Å². The molecule has 0 amide bonds. The molecule has 0 radical (unpaired) electrons. The first-order chi connectivity index (χ1) is 11.2. The minimum atomic E-state index is -0.288. The SMILES string of the molecule is O=C(CCc1nc(-c2cccs2)no1)OCc1ccc(Br)cc1. The summed E-state index contributed by atoms with van der Waals surface area (Å²) in [6.07, 6.45) is 0.583. The van der Waals surface area contributed by atoms with Crippen LogP contribution < -0.4 is 0 Å². The predicted octanol–water partition coefficient (Wildman–Crippen LogP) is 4.24. The Kier molecular flexibility index (Phi) is 5.19. The Labute approximate surface area is 145 Å². The molecule has 3 aromatic rings. The highest BCUT2D eigenvalue weighted by Gasteiger charge is 2.12. The summed E-state index contributed by atoms with van der Waals surface area (Å²) < 4.78 is 11.4. The zero-order chi connectivity index (χ0) is 16.1. The molecule has 0 aliphatic carbocycles. The molecule has 0 unspecified atom stereocenters. The largest absolute Gasteiger partial charge is 0.461 e. The van der Waals surface area contributed by atoms with Crippen molar-refractivity contribution in [2.75, 3.05) is 0 Å². The summed E-state index contributed by atoms with van der Waals surface area (Å²) in [5.41, 5.74) is 0.944. The smallest absolute Gasteiger partial charge is 0.306 e. The average Bonchev–Trinajstić information content (AvgIpc) is 3.23. The first-order valence-corrected chi connectivity index (χ1v) is 8.64. The lowest BCUT2D eigenvalue weighted by molar-refractivity contribution is -0.145. The van der Waals surface area contributed by atoms with Crippen molar-refractivity contribution in [3.63, 3.8) is 0 Å².